The molecule has 0 fully saturated rings. The van der Waals surface area contributed by atoms with Crippen molar-refractivity contribution in [3.63, 3.8) is 0 Å². The van der Waals surface area contributed by atoms with E-state index in [-0.39, 0.29) is 6.04 Å². The van der Waals surface area contributed by atoms with Crippen molar-refractivity contribution in [3.05, 3.63) is 30.2 Å². The molecule has 120 valence electrons. The van der Waals surface area contributed by atoms with Gasteiger partial charge in [-0.3, -0.25) is 9.39 Å². The molecule has 2 N–H and O–H groups in total. The maximum atomic E-state index is 5.10. The molecule has 2 aromatic heterocycles. The summed E-state index contributed by atoms with van der Waals surface area (Å²) in [5.41, 5.74) is 0.885. The van der Waals surface area contributed by atoms with E-state index in [4.69, 9.17) is 4.74 Å². The SMILES string of the molecule is CN=C(NCCCc1nnc2ccccn12)NC(C)COC. The summed E-state index contributed by atoms with van der Waals surface area (Å²) in [5, 5.41) is 14.9. The van der Waals surface area contributed by atoms with Crippen LogP contribution in [0.4, 0.5) is 0 Å². The van der Waals surface area contributed by atoms with Gasteiger partial charge in [0.2, 0.25) is 0 Å². The number of nitrogens with one attached hydrogen (secondary N) is 2. The van der Waals surface area contributed by atoms with Crippen LogP contribution in [0.15, 0.2) is 29.4 Å². The monoisotopic (exact) mass is 304 g/mol. The zero-order valence-electron chi connectivity index (χ0n) is 13.4. The Labute approximate surface area is 130 Å². The number of nitrogens with zero attached hydrogens (tertiary/aromatic N) is 4. The number of guanidine groups is 1. The molecule has 2 heterocycles. The van der Waals surface area contributed by atoms with E-state index < -0.39 is 0 Å². The molecule has 0 aliphatic carbocycles. The van der Waals surface area contributed by atoms with E-state index in [0.29, 0.717) is 6.61 Å². The molecular formula is C15H24N6O. The fourth-order valence-electron chi connectivity index (χ4n) is 2.23. The second-order valence-corrected chi connectivity index (χ2v) is 5.15. The van der Waals surface area contributed by atoms with Gasteiger partial charge in [-0.05, 0) is 25.5 Å². The highest BCUT2D eigenvalue weighted by molar-refractivity contribution is 5.79. The average Bonchev–Trinajstić information content (AvgIpc) is 2.94. The second kappa shape index (κ2) is 8.33. The Hall–Kier alpha value is -2.15. The second-order valence-electron chi connectivity index (χ2n) is 5.15. The normalized spacial score (nSPS) is 13.3. The van der Waals surface area contributed by atoms with Gasteiger partial charge in [-0.25, -0.2) is 0 Å². The molecule has 0 radical (unpaired) electrons. The highest BCUT2D eigenvalue weighted by Gasteiger charge is 2.06. The van der Waals surface area contributed by atoms with E-state index >= 15 is 0 Å². The lowest BCUT2D eigenvalue weighted by atomic mass is 10.3. The van der Waals surface area contributed by atoms with Crippen LogP contribution in [0, 0.1) is 0 Å². The molecule has 22 heavy (non-hydrogen) atoms. The first-order chi connectivity index (χ1) is 10.7. The van der Waals surface area contributed by atoms with Gasteiger partial charge in [-0.1, -0.05) is 6.07 Å². The number of hydrogen-bond donors (Lipinski definition) is 2. The largest absolute Gasteiger partial charge is 0.383 e. The minimum absolute atomic E-state index is 0.219. The van der Waals surface area contributed by atoms with Crippen molar-refractivity contribution in [3.8, 4) is 0 Å². The smallest absolute Gasteiger partial charge is 0.191 e. The predicted octanol–water partition coefficient (Wildman–Crippen LogP) is 0.862. The maximum absolute atomic E-state index is 5.10. The van der Waals surface area contributed by atoms with E-state index in [1.54, 1.807) is 14.2 Å². The molecule has 0 aliphatic rings. The van der Waals surface area contributed by atoms with E-state index in [1.165, 1.54) is 0 Å². The molecule has 0 saturated carbocycles. The van der Waals surface area contributed by atoms with Gasteiger partial charge in [0.1, 0.15) is 5.82 Å². The predicted molar refractivity (Wildman–Crippen MR) is 87.1 cm³/mol. The number of rotatable bonds is 7. The molecule has 1 unspecified atom stereocenters. The molecule has 0 aliphatic heterocycles. The topological polar surface area (TPSA) is 75.8 Å². The summed E-state index contributed by atoms with van der Waals surface area (Å²) in [6, 6.07) is 6.13. The van der Waals surface area contributed by atoms with Crippen LogP contribution in [0.2, 0.25) is 0 Å². The molecule has 0 bridgehead atoms. The van der Waals surface area contributed by atoms with Gasteiger partial charge in [0, 0.05) is 39.4 Å². The number of ether oxygens (including phenoxy) is 1. The van der Waals surface area contributed by atoms with Crippen molar-refractivity contribution in [2.75, 3.05) is 27.3 Å². The number of methoxy groups -OCH3 is 1. The molecule has 2 aromatic rings. The minimum atomic E-state index is 0.219. The lowest BCUT2D eigenvalue weighted by Gasteiger charge is -2.17. The summed E-state index contributed by atoms with van der Waals surface area (Å²) in [7, 11) is 3.46. The number of pyridine rings is 1. The van der Waals surface area contributed by atoms with Crippen LogP contribution in [-0.4, -0.2) is 53.9 Å². The first kappa shape index (κ1) is 16.2. The van der Waals surface area contributed by atoms with Gasteiger partial charge in [0.15, 0.2) is 11.6 Å². The molecule has 7 heteroatoms. The summed E-state index contributed by atoms with van der Waals surface area (Å²) in [6.07, 6.45) is 3.81. The van der Waals surface area contributed by atoms with Crippen molar-refractivity contribution >= 4 is 11.6 Å². The molecular weight excluding hydrogens is 280 g/mol. The molecule has 0 spiro atoms. The molecule has 7 nitrogen and oxygen atoms in total. The quantitative estimate of drug-likeness (QED) is 0.451. The van der Waals surface area contributed by atoms with Crippen LogP contribution in [0.1, 0.15) is 19.2 Å². The molecule has 0 aromatic carbocycles. The third-order valence-electron chi connectivity index (χ3n) is 3.28. The summed E-state index contributed by atoms with van der Waals surface area (Å²) in [6.45, 7) is 3.52. The third-order valence-corrected chi connectivity index (χ3v) is 3.28. The highest BCUT2D eigenvalue weighted by atomic mass is 16.5. The Bertz CT molecular complexity index is 609. The molecule has 0 amide bonds. The van der Waals surface area contributed by atoms with Gasteiger partial charge in [0.05, 0.1) is 6.61 Å². The van der Waals surface area contributed by atoms with Crippen molar-refractivity contribution in [1.29, 1.82) is 0 Å². The van der Waals surface area contributed by atoms with E-state index in [2.05, 4.69) is 32.7 Å². The first-order valence-corrected chi connectivity index (χ1v) is 7.49. The van der Waals surface area contributed by atoms with Crippen LogP contribution in [0.5, 0.6) is 0 Å². The summed E-state index contributed by atoms with van der Waals surface area (Å²) < 4.78 is 7.12. The fraction of sp³-hybridized carbons (Fsp3) is 0.533. The first-order valence-electron chi connectivity index (χ1n) is 7.49. The lowest BCUT2D eigenvalue weighted by molar-refractivity contribution is 0.179. The van der Waals surface area contributed by atoms with Crippen LogP contribution < -0.4 is 10.6 Å². The molecule has 2 rings (SSSR count). The summed E-state index contributed by atoms with van der Waals surface area (Å²) >= 11 is 0. The van der Waals surface area contributed by atoms with Gasteiger partial charge in [0.25, 0.3) is 0 Å². The van der Waals surface area contributed by atoms with Gasteiger partial charge in [-0.2, -0.15) is 0 Å². The number of aryl methyl sites for hydroxylation is 1. The Kier molecular flexibility index (Phi) is 6.14. The maximum Gasteiger partial charge on any atom is 0.191 e. The van der Waals surface area contributed by atoms with Crippen molar-refractivity contribution in [2.24, 2.45) is 4.99 Å². The average molecular weight is 304 g/mol. The Morgan fingerprint density at radius 1 is 1.41 bits per heavy atom. The summed E-state index contributed by atoms with van der Waals surface area (Å²) in [5.74, 6) is 1.77. The van der Waals surface area contributed by atoms with Crippen LogP contribution >= 0.6 is 0 Å². The van der Waals surface area contributed by atoms with Gasteiger partial charge >= 0.3 is 0 Å². The van der Waals surface area contributed by atoms with E-state index in [0.717, 1.165) is 36.8 Å². The van der Waals surface area contributed by atoms with Crippen LogP contribution in [0.25, 0.3) is 5.65 Å². The van der Waals surface area contributed by atoms with Crippen molar-refractivity contribution in [1.82, 2.24) is 25.2 Å². The van der Waals surface area contributed by atoms with E-state index in [1.807, 2.05) is 28.8 Å². The lowest BCUT2D eigenvalue weighted by Crippen LogP contribution is -2.44. The van der Waals surface area contributed by atoms with Gasteiger partial charge in [-0.15, -0.1) is 10.2 Å². The fourth-order valence-corrected chi connectivity index (χ4v) is 2.23. The van der Waals surface area contributed by atoms with Crippen LogP contribution in [0.3, 0.4) is 0 Å². The van der Waals surface area contributed by atoms with Crippen LogP contribution in [-0.2, 0) is 11.2 Å². The Balaban J connectivity index is 1.76. The minimum Gasteiger partial charge on any atom is -0.383 e. The molecule has 0 saturated heterocycles. The highest BCUT2D eigenvalue weighted by Crippen LogP contribution is 2.04. The number of fused-ring (bicyclic) bond motifs is 1. The number of hydrogen-bond acceptors (Lipinski definition) is 4. The molecule has 1 atom stereocenters. The Morgan fingerprint density at radius 2 is 2.27 bits per heavy atom. The Morgan fingerprint density at radius 3 is 3.05 bits per heavy atom. The van der Waals surface area contributed by atoms with E-state index in [9.17, 15) is 0 Å². The standard InChI is InChI=1S/C15H24N6O/c1-12(11-22-3)18-15(16-2)17-9-6-8-14-20-19-13-7-4-5-10-21(13)14/h4-5,7,10,12H,6,8-9,11H2,1-3H3,(H2,16,17,18). The van der Waals surface area contributed by atoms with Crippen molar-refractivity contribution in [2.45, 2.75) is 25.8 Å². The number of aromatic nitrogens is 3. The van der Waals surface area contributed by atoms with Crippen molar-refractivity contribution < 1.29 is 4.74 Å². The zero-order chi connectivity index (χ0) is 15.8. The van der Waals surface area contributed by atoms with Gasteiger partial charge < -0.3 is 15.4 Å². The third kappa shape index (κ3) is 4.42. The summed E-state index contributed by atoms with van der Waals surface area (Å²) in [4.78, 5) is 4.20. The number of aliphatic imine (C=N–C) groups is 1. The zero-order valence-corrected chi connectivity index (χ0v) is 13.4.